The molecule has 1 heterocycles. The van der Waals surface area contributed by atoms with Crippen LogP contribution in [-0.4, -0.2) is 17.2 Å². The van der Waals surface area contributed by atoms with Crippen molar-refractivity contribution < 1.29 is 14.2 Å². The minimum atomic E-state index is -0.373. The summed E-state index contributed by atoms with van der Waals surface area (Å²) in [6, 6.07) is 1.58. The van der Waals surface area contributed by atoms with Gasteiger partial charge in [0.2, 0.25) is 5.76 Å². The maximum absolute atomic E-state index is 11.4. The van der Waals surface area contributed by atoms with Gasteiger partial charge in [-0.1, -0.05) is 18.0 Å². The van der Waals surface area contributed by atoms with E-state index in [9.17, 15) is 4.79 Å². The molecule has 5 nitrogen and oxygen atoms in total. The number of nitrogens with zero attached hydrogens (tertiary/aromatic N) is 1. The molecule has 0 aliphatic heterocycles. The van der Waals surface area contributed by atoms with Crippen molar-refractivity contribution in [2.24, 2.45) is 0 Å². The number of nitrogens with one attached hydrogen (secondary N) is 1. The van der Waals surface area contributed by atoms with Gasteiger partial charge in [-0.15, -0.1) is 0 Å². The van der Waals surface area contributed by atoms with Crippen molar-refractivity contribution in [2.75, 3.05) is 0 Å². The maximum atomic E-state index is 11.4. The molecule has 5 heteroatoms. The average Bonchev–Trinajstić information content (AvgIpc) is 2.84. The average molecular weight is 210 g/mol. The predicted octanol–water partition coefficient (Wildman–Crippen LogP) is 1.59. The van der Waals surface area contributed by atoms with E-state index in [1.807, 2.05) is 0 Å². The molecule has 15 heavy (non-hydrogen) atoms. The molecule has 1 N–H and O–H groups in total. The van der Waals surface area contributed by atoms with Crippen molar-refractivity contribution in [3.8, 4) is 0 Å². The lowest BCUT2D eigenvalue weighted by atomic mass is 10.3. The second kappa shape index (κ2) is 4.44. The van der Waals surface area contributed by atoms with E-state index in [0.717, 1.165) is 12.8 Å². The highest BCUT2D eigenvalue weighted by atomic mass is 16.7. The van der Waals surface area contributed by atoms with Gasteiger partial charge in [0.15, 0.2) is 0 Å². The van der Waals surface area contributed by atoms with Crippen LogP contribution in [0.3, 0.4) is 0 Å². The molecule has 0 unspecified atom stereocenters. The number of carbonyl (C=O) groups excluding carboxylic acids is 1. The summed E-state index contributed by atoms with van der Waals surface area (Å²) >= 11 is 0. The zero-order valence-electron chi connectivity index (χ0n) is 8.66. The van der Waals surface area contributed by atoms with Gasteiger partial charge in [0.25, 0.3) is 0 Å². The first kappa shape index (κ1) is 10.2. The van der Waals surface area contributed by atoms with Gasteiger partial charge in [0, 0.05) is 6.07 Å². The predicted molar refractivity (Wildman–Crippen MR) is 52.0 cm³/mol. The fraction of sp³-hybridized carbons (Fsp3) is 0.600. The van der Waals surface area contributed by atoms with Crippen LogP contribution in [-0.2, 0) is 4.84 Å². The molecule has 2 rings (SSSR count). The SMILES string of the molecule is Cc1cc(C(=O)NOC2CCCC2)on1. The van der Waals surface area contributed by atoms with E-state index >= 15 is 0 Å². The molecule has 1 amide bonds. The lowest BCUT2D eigenvalue weighted by Gasteiger charge is -2.09. The molecule has 1 aromatic rings. The molecule has 82 valence electrons. The molecule has 0 radical (unpaired) electrons. The van der Waals surface area contributed by atoms with Crippen LogP contribution in [0.25, 0.3) is 0 Å². The fourth-order valence-corrected chi connectivity index (χ4v) is 1.66. The molecule has 1 saturated carbocycles. The lowest BCUT2D eigenvalue weighted by Crippen LogP contribution is -2.27. The van der Waals surface area contributed by atoms with Crippen LogP contribution in [0.4, 0.5) is 0 Å². The molecule has 0 bridgehead atoms. The second-order valence-corrected chi connectivity index (χ2v) is 3.79. The van der Waals surface area contributed by atoms with Crippen LogP contribution in [0.15, 0.2) is 10.6 Å². The Bertz CT molecular complexity index is 342. The van der Waals surface area contributed by atoms with Crippen molar-refractivity contribution in [1.82, 2.24) is 10.6 Å². The number of hydrogen-bond donors (Lipinski definition) is 1. The Hall–Kier alpha value is -1.36. The third-order valence-electron chi connectivity index (χ3n) is 2.47. The van der Waals surface area contributed by atoms with E-state index in [-0.39, 0.29) is 17.8 Å². The Kier molecular flexibility index (Phi) is 3.01. The standard InChI is InChI=1S/C10H14N2O3/c1-7-6-9(15-11-7)10(13)12-14-8-4-2-3-5-8/h6,8H,2-5H2,1H3,(H,12,13). The van der Waals surface area contributed by atoms with E-state index in [0.29, 0.717) is 5.69 Å². The normalized spacial score (nSPS) is 16.9. The number of aromatic nitrogens is 1. The quantitative estimate of drug-likeness (QED) is 0.769. The Balaban J connectivity index is 1.81. The number of carbonyl (C=O) groups is 1. The summed E-state index contributed by atoms with van der Waals surface area (Å²) in [5, 5.41) is 3.63. The van der Waals surface area contributed by atoms with Gasteiger partial charge in [0.05, 0.1) is 11.8 Å². The molecule has 0 saturated heterocycles. The summed E-state index contributed by atoms with van der Waals surface area (Å²) in [6.45, 7) is 1.76. The van der Waals surface area contributed by atoms with Crippen molar-refractivity contribution in [3.63, 3.8) is 0 Å². The van der Waals surface area contributed by atoms with Crippen LogP contribution in [0, 0.1) is 6.92 Å². The number of rotatable bonds is 3. The molecule has 1 aliphatic rings. The van der Waals surface area contributed by atoms with Gasteiger partial charge in [-0.05, 0) is 19.8 Å². The van der Waals surface area contributed by atoms with Crippen LogP contribution < -0.4 is 5.48 Å². The summed E-state index contributed by atoms with van der Waals surface area (Å²) in [5.74, 6) is -0.187. The highest BCUT2D eigenvalue weighted by Gasteiger charge is 2.18. The summed E-state index contributed by atoms with van der Waals surface area (Å²) in [7, 11) is 0. The van der Waals surface area contributed by atoms with Crippen molar-refractivity contribution >= 4 is 5.91 Å². The van der Waals surface area contributed by atoms with Crippen molar-refractivity contribution in [1.29, 1.82) is 0 Å². The Morgan fingerprint density at radius 3 is 2.93 bits per heavy atom. The summed E-state index contributed by atoms with van der Waals surface area (Å²) in [4.78, 5) is 16.7. The van der Waals surface area contributed by atoms with Crippen LogP contribution >= 0.6 is 0 Å². The third kappa shape index (κ3) is 2.56. The van der Waals surface area contributed by atoms with Gasteiger partial charge in [-0.25, -0.2) is 5.48 Å². The van der Waals surface area contributed by atoms with Gasteiger partial charge in [0.1, 0.15) is 0 Å². The number of amides is 1. The van der Waals surface area contributed by atoms with Gasteiger partial charge in [-0.3, -0.25) is 9.63 Å². The van der Waals surface area contributed by atoms with Crippen LogP contribution in [0.5, 0.6) is 0 Å². The first-order valence-electron chi connectivity index (χ1n) is 5.15. The second-order valence-electron chi connectivity index (χ2n) is 3.79. The zero-order valence-corrected chi connectivity index (χ0v) is 8.66. The largest absolute Gasteiger partial charge is 0.351 e. The van der Waals surface area contributed by atoms with E-state index in [1.54, 1.807) is 13.0 Å². The van der Waals surface area contributed by atoms with Crippen LogP contribution in [0.2, 0.25) is 0 Å². The molecular formula is C10H14N2O3. The highest BCUT2D eigenvalue weighted by molar-refractivity contribution is 5.90. The maximum Gasteiger partial charge on any atom is 0.313 e. The summed E-state index contributed by atoms with van der Waals surface area (Å²) in [5.41, 5.74) is 3.06. The minimum absolute atomic E-state index is 0.151. The Labute approximate surface area is 87.7 Å². The summed E-state index contributed by atoms with van der Waals surface area (Å²) in [6.07, 6.45) is 4.51. The summed E-state index contributed by atoms with van der Waals surface area (Å²) < 4.78 is 4.80. The first-order valence-corrected chi connectivity index (χ1v) is 5.15. The first-order chi connectivity index (χ1) is 7.25. The Morgan fingerprint density at radius 1 is 1.60 bits per heavy atom. The van der Waals surface area contributed by atoms with Crippen molar-refractivity contribution in [2.45, 2.75) is 38.7 Å². The lowest BCUT2D eigenvalue weighted by molar-refractivity contribution is -0.0142. The highest BCUT2D eigenvalue weighted by Crippen LogP contribution is 2.19. The molecule has 0 aromatic carbocycles. The third-order valence-corrected chi connectivity index (χ3v) is 2.47. The van der Waals surface area contributed by atoms with Gasteiger partial charge in [-0.2, -0.15) is 0 Å². The van der Waals surface area contributed by atoms with E-state index in [2.05, 4.69) is 10.6 Å². The molecule has 1 fully saturated rings. The molecular weight excluding hydrogens is 196 g/mol. The monoisotopic (exact) mass is 210 g/mol. The number of hydroxylamine groups is 1. The zero-order chi connectivity index (χ0) is 10.7. The molecule has 1 aliphatic carbocycles. The minimum Gasteiger partial charge on any atom is -0.351 e. The molecule has 0 spiro atoms. The number of aryl methyl sites for hydroxylation is 1. The van der Waals surface area contributed by atoms with Gasteiger partial charge < -0.3 is 4.52 Å². The molecule has 0 atom stereocenters. The van der Waals surface area contributed by atoms with Crippen LogP contribution in [0.1, 0.15) is 41.9 Å². The number of hydrogen-bond acceptors (Lipinski definition) is 4. The smallest absolute Gasteiger partial charge is 0.313 e. The Morgan fingerprint density at radius 2 is 2.33 bits per heavy atom. The van der Waals surface area contributed by atoms with Gasteiger partial charge >= 0.3 is 5.91 Å². The van der Waals surface area contributed by atoms with E-state index in [4.69, 9.17) is 9.36 Å². The van der Waals surface area contributed by atoms with Crippen molar-refractivity contribution in [3.05, 3.63) is 17.5 Å². The van der Waals surface area contributed by atoms with E-state index in [1.165, 1.54) is 12.8 Å². The fourth-order valence-electron chi connectivity index (χ4n) is 1.66. The van der Waals surface area contributed by atoms with E-state index < -0.39 is 0 Å². The topological polar surface area (TPSA) is 64.4 Å². The molecule has 1 aromatic heterocycles.